The maximum absolute atomic E-state index is 9.77. The van der Waals surface area contributed by atoms with Crippen molar-refractivity contribution in [1.29, 1.82) is 5.26 Å². The van der Waals surface area contributed by atoms with Gasteiger partial charge in [0.15, 0.2) is 0 Å². The van der Waals surface area contributed by atoms with Crippen LogP contribution in [0.4, 0.5) is 5.69 Å². The average molecular weight is 352 g/mol. The van der Waals surface area contributed by atoms with E-state index in [4.69, 9.17) is 0 Å². The van der Waals surface area contributed by atoms with Crippen molar-refractivity contribution in [3.63, 3.8) is 0 Å². The molecular weight excluding hydrogens is 328 g/mol. The Hall–Kier alpha value is -3.05. The van der Waals surface area contributed by atoms with Gasteiger partial charge in [-0.2, -0.15) is 5.26 Å². The van der Waals surface area contributed by atoms with Crippen molar-refractivity contribution in [2.75, 3.05) is 18.0 Å². The first-order chi connectivity index (χ1) is 13.2. The summed E-state index contributed by atoms with van der Waals surface area (Å²) in [6.45, 7) is 6.66. The molecule has 0 radical (unpaired) electrons. The molecule has 27 heavy (non-hydrogen) atoms. The minimum atomic E-state index is 0.706. The molecule has 134 valence electrons. The van der Waals surface area contributed by atoms with E-state index in [1.54, 1.807) is 0 Å². The Morgan fingerprint density at radius 1 is 0.926 bits per heavy atom. The number of rotatable bonds is 3. The van der Waals surface area contributed by atoms with Crippen LogP contribution in [-0.2, 0) is 0 Å². The molecule has 0 amide bonds. The lowest BCUT2D eigenvalue weighted by atomic mass is 9.96. The standard InChI is InChI=1S/C25H24N2/c1-18-19(2)25(27-13-5-6-14-27)12-11-21(18)15-24(17-26)23-10-9-20-7-3-4-8-22(20)16-23/h3-4,7-12,15-16H,5-6,13-14H2,1-2H3/b24-15-. The predicted octanol–water partition coefficient (Wildman–Crippen LogP) is 6.12. The summed E-state index contributed by atoms with van der Waals surface area (Å²) in [5, 5.41) is 12.1. The van der Waals surface area contributed by atoms with Gasteiger partial charge in [0.2, 0.25) is 0 Å². The summed E-state index contributed by atoms with van der Waals surface area (Å²) in [6, 6.07) is 21.3. The minimum Gasteiger partial charge on any atom is -0.371 e. The van der Waals surface area contributed by atoms with Crippen molar-refractivity contribution in [1.82, 2.24) is 0 Å². The Bertz CT molecular complexity index is 1060. The highest BCUT2D eigenvalue weighted by Crippen LogP contribution is 2.30. The summed E-state index contributed by atoms with van der Waals surface area (Å²) in [7, 11) is 0. The number of allylic oxidation sites excluding steroid dienone is 1. The highest BCUT2D eigenvalue weighted by molar-refractivity contribution is 5.94. The van der Waals surface area contributed by atoms with E-state index in [1.165, 1.54) is 35.0 Å². The van der Waals surface area contributed by atoms with Crippen molar-refractivity contribution >= 4 is 28.1 Å². The van der Waals surface area contributed by atoms with Crippen LogP contribution >= 0.6 is 0 Å². The molecule has 0 unspecified atom stereocenters. The second-order valence-electron chi connectivity index (χ2n) is 7.35. The molecule has 3 aromatic rings. The first-order valence-electron chi connectivity index (χ1n) is 9.63. The molecule has 0 saturated carbocycles. The zero-order valence-corrected chi connectivity index (χ0v) is 16.0. The fraction of sp³-hybridized carbons (Fsp3) is 0.240. The molecule has 2 heteroatoms. The van der Waals surface area contributed by atoms with Gasteiger partial charge in [0.25, 0.3) is 0 Å². The fourth-order valence-electron chi connectivity index (χ4n) is 3.98. The molecule has 0 N–H and O–H groups in total. The van der Waals surface area contributed by atoms with E-state index in [-0.39, 0.29) is 0 Å². The number of benzene rings is 3. The number of fused-ring (bicyclic) bond motifs is 1. The zero-order valence-electron chi connectivity index (χ0n) is 16.0. The molecule has 1 saturated heterocycles. The maximum atomic E-state index is 9.77. The number of hydrogen-bond donors (Lipinski definition) is 0. The molecule has 3 aromatic carbocycles. The highest BCUT2D eigenvalue weighted by atomic mass is 15.1. The zero-order chi connectivity index (χ0) is 18.8. The molecule has 1 aliphatic heterocycles. The number of nitrogens with zero attached hydrogens (tertiary/aromatic N) is 2. The molecule has 0 aromatic heterocycles. The SMILES string of the molecule is Cc1c(/C=C(/C#N)c2ccc3ccccc3c2)ccc(N2CCCC2)c1C. The monoisotopic (exact) mass is 352 g/mol. The summed E-state index contributed by atoms with van der Waals surface area (Å²) < 4.78 is 0. The number of nitriles is 1. The topological polar surface area (TPSA) is 27.0 Å². The Kier molecular flexibility index (Phi) is 4.69. The average Bonchev–Trinajstić information content (AvgIpc) is 3.23. The van der Waals surface area contributed by atoms with Crippen LogP contribution in [0.3, 0.4) is 0 Å². The Labute approximate surface area is 161 Å². The number of hydrogen-bond acceptors (Lipinski definition) is 2. The van der Waals surface area contributed by atoms with E-state index in [1.807, 2.05) is 24.3 Å². The van der Waals surface area contributed by atoms with E-state index in [2.05, 4.69) is 61.2 Å². The molecular formula is C25H24N2. The van der Waals surface area contributed by atoms with Crippen molar-refractivity contribution in [2.45, 2.75) is 26.7 Å². The van der Waals surface area contributed by atoms with Gasteiger partial charge in [0.1, 0.15) is 0 Å². The van der Waals surface area contributed by atoms with Crippen molar-refractivity contribution < 1.29 is 0 Å². The molecule has 0 atom stereocenters. The molecule has 4 rings (SSSR count). The largest absolute Gasteiger partial charge is 0.371 e. The predicted molar refractivity (Wildman–Crippen MR) is 115 cm³/mol. The van der Waals surface area contributed by atoms with Gasteiger partial charge in [-0.1, -0.05) is 42.5 Å². The Morgan fingerprint density at radius 3 is 2.41 bits per heavy atom. The van der Waals surface area contributed by atoms with Crippen LogP contribution < -0.4 is 4.90 Å². The van der Waals surface area contributed by atoms with E-state index in [9.17, 15) is 5.26 Å². The van der Waals surface area contributed by atoms with Gasteiger partial charge in [-0.25, -0.2) is 0 Å². The quantitative estimate of drug-likeness (QED) is 0.419. The van der Waals surface area contributed by atoms with Gasteiger partial charge in [-0.3, -0.25) is 0 Å². The summed E-state index contributed by atoms with van der Waals surface area (Å²) >= 11 is 0. The Morgan fingerprint density at radius 2 is 1.67 bits per heavy atom. The number of anilines is 1. The first kappa shape index (κ1) is 17.4. The molecule has 0 aliphatic carbocycles. The second-order valence-corrected chi connectivity index (χ2v) is 7.35. The van der Waals surface area contributed by atoms with Gasteiger partial charge in [-0.15, -0.1) is 0 Å². The van der Waals surface area contributed by atoms with Gasteiger partial charge < -0.3 is 4.90 Å². The van der Waals surface area contributed by atoms with Gasteiger partial charge in [-0.05, 0) is 77.9 Å². The van der Waals surface area contributed by atoms with Crippen LogP contribution in [0.15, 0.2) is 54.6 Å². The molecule has 0 bridgehead atoms. The third kappa shape index (κ3) is 3.34. The molecule has 1 fully saturated rings. The van der Waals surface area contributed by atoms with Crippen LogP contribution in [0.5, 0.6) is 0 Å². The van der Waals surface area contributed by atoms with Crippen LogP contribution in [0, 0.1) is 25.2 Å². The van der Waals surface area contributed by atoms with E-state index < -0.39 is 0 Å². The third-order valence-corrected chi connectivity index (χ3v) is 5.73. The smallest absolute Gasteiger partial charge is 0.0998 e. The van der Waals surface area contributed by atoms with Gasteiger partial charge in [0, 0.05) is 18.8 Å². The van der Waals surface area contributed by atoms with E-state index >= 15 is 0 Å². The van der Waals surface area contributed by atoms with E-state index in [0.29, 0.717) is 5.57 Å². The lowest BCUT2D eigenvalue weighted by molar-refractivity contribution is 0.949. The van der Waals surface area contributed by atoms with Gasteiger partial charge >= 0.3 is 0 Å². The normalized spacial score (nSPS) is 14.6. The summed E-state index contributed by atoms with van der Waals surface area (Å²) in [5.74, 6) is 0. The van der Waals surface area contributed by atoms with Crippen molar-refractivity contribution in [3.05, 3.63) is 76.9 Å². The molecule has 0 spiro atoms. The Balaban J connectivity index is 1.73. The lowest BCUT2D eigenvalue weighted by Crippen LogP contribution is -2.19. The summed E-state index contributed by atoms with van der Waals surface area (Å²) in [4.78, 5) is 2.48. The van der Waals surface area contributed by atoms with Crippen LogP contribution in [-0.4, -0.2) is 13.1 Å². The second kappa shape index (κ2) is 7.29. The van der Waals surface area contributed by atoms with E-state index in [0.717, 1.165) is 29.6 Å². The van der Waals surface area contributed by atoms with Crippen molar-refractivity contribution in [2.24, 2.45) is 0 Å². The lowest BCUT2D eigenvalue weighted by Gasteiger charge is -2.22. The minimum absolute atomic E-state index is 0.706. The van der Waals surface area contributed by atoms with Crippen LogP contribution in [0.2, 0.25) is 0 Å². The first-order valence-corrected chi connectivity index (χ1v) is 9.63. The highest BCUT2D eigenvalue weighted by Gasteiger charge is 2.16. The molecule has 1 aliphatic rings. The van der Waals surface area contributed by atoms with Crippen LogP contribution in [0.25, 0.3) is 22.4 Å². The van der Waals surface area contributed by atoms with Gasteiger partial charge in [0.05, 0.1) is 11.6 Å². The van der Waals surface area contributed by atoms with Crippen LogP contribution in [0.1, 0.15) is 35.1 Å². The fourth-order valence-corrected chi connectivity index (χ4v) is 3.98. The van der Waals surface area contributed by atoms with Crippen molar-refractivity contribution in [3.8, 4) is 6.07 Å². The summed E-state index contributed by atoms with van der Waals surface area (Å²) in [6.07, 6.45) is 4.58. The summed E-state index contributed by atoms with van der Waals surface area (Å²) in [5.41, 5.74) is 6.72. The maximum Gasteiger partial charge on any atom is 0.0998 e. The molecule has 2 nitrogen and oxygen atoms in total. The third-order valence-electron chi connectivity index (χ3n) is 5.73. The molecule has 1 heterocycles.